The Morgan fingerprint density at radius 2 is 2.14 bits per heavy atom. The second kappa shape index (κ2) is 5.04. The molecule has 0 amide bonds. The number of pyridine rings is 2. The lowest BCUT2D eigenvalue weighted by Gasteiger charge is -2.10. The van der Waals surface area contributed by atoms with E-state index < -0.39 is 0 Å². The zero-order chi connectivity index (χ0) is 14.2. The van der Waals surface area contributed by atoms with Gasteiger partial charge in [0.2, 0.25) is 0 Å². The molecule has 0 radical (unpaired) electrons. The highest BCUT2D eigenvalue weighted by molar-refractivity contribution is 7.98. The molecule has 1 aliphatic rings. The molecule has 0 bridgehead atoms. The second-order valence-electron chi connectivity index (χ2n) is 4.96. The highest BCUT2D eigenvalue weighted by Crippen LogP contribution is 2.37. The second-order valence-corrected chi connectivity index (χ2v) is 5.79. The van der Waals surface area contributed by atoms with Gasteiger partial charge in [-0.1, -0.05) is 6.07 Å². The lowest BCUT2D eigenvalue weighted by Crippen LogP contribution is -1.92. The van der Waals surface area contributed by atoms with Gasteiger partial charge in [0.15, 0.2) is 0 Å². The van der Waals surface area contributed by atoms with E-state index in [1.807, 2.05) is 24.4 Å². The Morgan fingerprint density at radius 1 is 1.19 bits per heavy atom. The molecular weight excluding hydrogens is 280 g/mol. The van der Waals surface area contributed by atoms with Crippen LogP contribution in [0.15, 0.2) is 47.6 Å². The number of thioether (sulfide) groups is 1. The lowest BCUT2D eigenvalue weighted by atomic mass is 10.0. The van der Waals surface area contributed by atoms with E-state index >= 15 is 0 Å². The van der Waals surface area contributed by atoms with Gasteiger partial charge in [0.05, 0.1) is 22.8 Å². The van der Waals surface area contributed by atoms with Crippen molar-refractivity contribution in [3.8, 4) is 17.0 Å². The van der Waals surface area contributed by atoms with Crippen LogP contribution >= 0.6 is 11.8 Å². The summed E-state index contributed by atoms with van der Waals surface area (Å²) in [5.74, 6) is 0.972. The maximum absolute atomic E-state index is 5.66. The first-order valence-corrected chi connectivity index (χ1v) is 8.14. The van der Waals surface area contributed by atoms with Crippen molar-refractivity contribution in [1.82, 2.24) is 9.97 Å². The van der Waals surface area contributed by atoms with Crippen LogP contribution in [0.4, 0.5) is 0 Å². The maximum atomic E-state index is 5.66. The SMILES string of the molecule is CSc1cc(-c2ccccn2)c2ccc3c(c2n1)CCO3. The summed E-state index contributed by atoms with van der Waals surface area (Å²) in [5, 5.41) is 2.17. The molecule has 0 saturated heterocycles. The van der Waals surface area contributed by atoms with Crippen LogP contribution < -0.4 is 4.74 Å². The van der Waals surface area contributed by atoms with Gasteiger partial charge in [0.25, 0.3) is 0 Å². The van der Waals surface area contributed by atoms with Crippen LogP contribution in [-0.4, -0.2) is 22.8 Å². The Balaban J connectivity index is 2.06. The molecular formula is C17H14N2OS. The molecule has 0 atom stereocenters. The molecule has 4 rings (SSSR count). The van der Waals surface area contributed by atoms with Gasteiger partial charge in [0, 0.05) is 29.1 Å². The molecule has 1 aromatic carbocycles. The van der Waals surface area contributed by atoms with Crippen molar-refractivity contribution in [2.45, 2.75) is 11.4 Å². The van der Waals surface area contributed by atoms with E-state index in [2.05, 4.69) is 29.4 Å². The van der Waals surface area contributed by atoms with E-state index in [1.165, 1.54) is 5.56 Å². The minimum absolute atomic E-state index is 0.749. The molecule has 21 heavy (non-hydrogen) atoms. The molecule has 104 valence electrons. The number of fused-ring (bicyclic) bond motifs is 3. The standard InChI is InChI=1S/C17H14N2OS/c1-21-16-10-13(14-4-2-3-8-18-14)11-5-6-15-12(7-9-20-15)17(11)19-16/h2-6,8,10H,7,9H2,1H3. The van der Waals surface area contributed by atoms with Gasteiger partial charge in [-0.25, -0.2) is 4.98 Å². The van der Waals surface area contributed by atoms with Crippen molar-refractivity contribution in [3.63, 3.8) is 0 Å². The Hall–Kier alpha value is -2.07. The molecule has 3 nitrogen and oxygen atoms in total. The van der Waals surface area contributed by atoms with Gasteiger partial charge < -0.3 is 4.74 Å². The third-order valence-electron chi connectivity index (χ3n) is 3.78. The van der Waals surface area contributed by atoms with Gasteiger partial charge in [-0.3, -0.25) is 4.98 Å². The minimum Gasteiger partial charge on any atom is -0.493 e. The third-order valence-corrected chi connectivity index (χ3v) is 4.41. The number of benzene rings is 1. The van der Waals surface area contributed by atoms with Gasteiger partial charge in [-0.15, -0.1) is 11.8 Å². The van der Waals surface area contributed by atoms with Crippen LogP contribution in [0.25, 0.3) is 22.2 Å². The fourth-order valence-corrected chi connectivity index (χ4v) is 3.20. The maximum Gasteiger partial charge on any atom is 0.124 e. The zero-order valence-electron chi connectivity index (χ0n) is 11.7. The topological polar surface area (TPSA) is 35.0 Å². The van der Waals surface area contributed by atoms with Gasteiger partial charge in [0.1, 0.15) is 5.75 Å². The van der Waals surface area contributed by atoms with E-state index in [0.717, 1.165) is 46.0 Å². The first-order chi connectivity index (χ1) is 10.4. The van der Waals surface area contributed by atoms with Gasteiger partial charge in [-0.05, 0) is 36.6 Å². The number of nitrogens with zero attached hydrogens (tertiary/aromatic N) is 2. The van der Waals surface area contributed by atoms with Gasteiger partial charge in [-0.2, -0.15) is 0 Å². The summed E-state index contributed by atoms with van der Waals surface area (Å²) in [6, 6.07) is 12.3. The molecule has 4 heteroatoms. The fraction of sp³-hybridized carbons (Fsp3) is 0.176. The summed E-state index contributed by atoms with van der Waals surface area (Å²) < 4.78 is 5.66. The van der Waals surface area contributed by atoms with Crippen LogP contribution in [0.1, 0.15) is 5.56 Å². The Bertz CT molecular complexity index is 818. The smallest absolute Gasteiger partial charge is 0.124 e. The van der Waals surface area contributed by atoms with Gasteiger partial charge >= 0.3 is 0 Å². The minimum atomic E-state index is 0.749. The highest BCUT2D eigenvalue weighted by atomic mass is 32.2. The predicted molar refractivity (Wildman–Crippen MR) is 86.0 cm³/mol. The van der Waals surface area contributed by atoms with E-state index in [4.69, 9.17) is 9.72 Å². The molecule has 3 heterocycles. The molecule has 0 spiro atoms. The number of hydrogen-bond donors (Lipinski definition) is 0. The van der Waals surface area contributed by atoms with Crippen molar-refractivity contribution < 1.29 is 4.74 Å². The van der Waals surface area contributed by atoms with Crippen molar-refractivity contribution in [3.05, 3.63) is 48.2 Å². The van der Waals surface area contributed by atoms with E-state index in [-0.39, 0.29) is 0 Å². The van der Waals surface area contributed by atoms with E-state index in [9.17, 15) is 0 Å². The Labute approximate surface area is 127 Å². The van der Waals surface area contributed by atoms with Crippen LogP contribution in [-0.2, 0) is 6.42 Å². The largest absolute Gasteiger partial charge is 0.493 e. The molecule has 0 N–H and O–H groups in total. The first-order valence-electron chi connectivity index (χ1n) is 6.91. The molecule has 3 aromatic rings. The number of hydrogen-bond acceptors (Lipinski definition) is 4. The average molecular weight is 294 g/mol. The third kappa shape index (κ3) is 2.07. The summed E-state index contributed by atoms with van der Waals surface area (Å²) >= 11 is 1.66. The summed E-state index contributed by atoms with van der Waals surface area (Å²) in [6.07, 6.45) is 4.81. The quantitative estimate of drug-likeness (QED) is 0.670. The van der Waals surface area contributed by atoms with Crippen LogP contribution in [0.2, 0.25) is 0 Å². The van der Waals surface area contributed by atoms with Crippen molar-refractivity contribution in [2.75, 3.05) is 12.9 Å². The Kier molecular flexibility index (Phi) is 3.04. The molecule has 0 aliphatic carbocycles. The molecule has 0 unspecified atom stereocenters. The lowest BCUT2D eigenvalue weighted by molar-refractivity contribution is 0.357. The molecule has 2 aromatic heterocycles. The van der Waals surface area contributed by atoms with Crippen molar-refractivity contribution in [2.24, 2.45) is 0 Å². The zero-order valence-corrected chi connectivity index (χ0v) is 12.5. The van der Waals surface area contributed by atoms with Crippen LogP contribution in [0, 0.1) is 0 Å². The average Bonchev–Trinajstić information content (AvgIpc) is 3.03. The predicted octanol–water partition coefficient (Wildman–Crippen LogP) is 3.95. The number of rotatable bonds is 2. The van der Waals surface area contributed by atoms with Crippen LogP contribution in [0.3, 0.4) is 0 Å². The van der Waals surface area contributed by atoms with Crippen molar-refractivity contribution in [1.29, 1.82) is 0 Å². The fourth-order valence-electron chi connectivity index (χ4n) is 2.78. The molecule has 0 fully saturated rings. The van der Waals surface area contributed by atoms with Crippen LogP contribution in [0.5, 0.6) is 5.75 Å². The summed E-state index contributed by atoms with van der Waals surface area (Å²) in [7, 11) is 0. The Morgan fingerprint density at radius 3 is 2.95 bits per heavy atom. The monoisotopic (exact) mass is 294 g/mol. The molecule has 0 saturated carbocycles. The van der Waals surface area contributed by atoms with Crippen molar-refractivity contribution >= 4 is 22.7 Å². The first kappa shape index (κ1) is 12.7. The summed E-state index contributed by atoms with van der Waals surface area (Å²) in [5.41, 5.74) is 4.40. The number of ether oxygens (including phenoxy) is 1. The summed E-state index contributed by atoms with van der Waals surface area (Å²) in [6.45, 7) is 0.749. The summed E-state index contributed by atoms with van der Waals surface area (Å²) in [4.78, 5) is 9.31. The normalized spacial score (nSPS) is 13.2. The highest BCUT2D eigenvalue weighted by Gasteiger charge is 2.19. The van der Waals surface area contributed by atoms with E-state index in [1.54, 1.807) is 11.8 Å². The van der Waals surface area contributed by atoms with E-state index in [0.29, 0.717) is 0 Å². The number of aromatic nitrogens is 2. The molecule has 1 aliphatic heterocycles.